The second-order valence-corrected chi connectivity index (χ2v) is 6.27. The van der Waals surface area contributed by atoms with E-state index in [1.165, 1.54) is 4.88 Å². The Hall–Kier alpha value is 0.140. The number of nitrogens with two attached hydrogens (primary N) is 1. The molecule has 1 nitrogen and oxygen atoms in total. The van der Waals surface area contributed by atoms with E-state index >= 15 is 0 Å². The quantitative estimate of drug-likeness (QED) is 0.880. The van der Waals surface area contributed by atoms with E-state index in [0.717, 1.165) is 3.79 Å². The van der Waals surface area contributed by atoms with Crippen LogP contribution in [0.25, 0.3) is 0 Å². The van der Waals surface area contributed by atoms with E-state index in [0.29, 0.717) is 11.8 Å². The van der Waals surface area contributed by atoms with E-state index in [1.807, 2.05) is 0 Å². The number of hydrogen-bond acceptors (Lipinski definition) is 2. The lowest BCUT2D eigenvalue weighted by atomic mass is 9.90. The van der Waals surface area contributed by atoms with Gasteiger partial charge in [0.15, 0.2) is 0 Å². The Bertz CT molecular complexity index is 270. The first-order chi connectivity index (χ1) is 6.02. The van der Waals surface area contributed by atoms with Gasteiger partial charge >= 0.3 is 0 Å². The first-order valence-corrected chi connectivity index (χ1v) is 6.14. The van der Waals surface area contributed by atoms with E-state index in [-0.39, 0.29) is 6.04 Å². The Morgan fingerprint density at radius 1 is 1.31 bits per heavy atom. The second kappa shape index (κ2) is 4.58. The fourth-order valence-electron chi connectivity index (χ4n) is 1.18. The van der Waals surface area contributed by atoms with Crippen LogP contribution >= 0.6 is 27.3 Å². The van der Waals surface area contributed by atoms with E-state index in [1.54, 1.807) is 11.3 Å². The van der Waals surface area contributed by atoms with Crippen molar-refractivity contribution in [2.24, 2.45) is 17.6 Å². The molecule has 13 heavy (non-hydrogen) atoms. The zero-order valence-electron chi connectivity index (χ0n) is 8.25. The van der Waals surface area contributed by atoms with Crippen LogP contribution in [0.15, 0.2) is 15.9 Å². The van der Waals surface area contributed by atoms with Gasteiger partial charge in [0.25, 0.3) is 0 Å². The molecular weight excluding hydrogens is 246 g/mol. The summed E-state index contributed by atoms with van der Waals surface area (Å²) in [5.41, 5.74) is 6.14. The van der Waals surface area contributed by atoms with Crippen LogP contribution in [0, 0.1) is 11.8 Å². The zero-order chi connectivity index (χ0) is 10.0. The van der Waals surface area contributed by atoms with Crippen molar-refractivity contribution in [2.75, 3.05) is 0 Å². The molecule has 0 aliphatic rings. The average Bonchev–Trinajstić information content (AvgIpc) is 2.49. The van der Waals surface area contributed by atoms with Crippen LogP contribution in [0.2, 0.25) is 0 Å². The minimum Gasteiger partial charge on any atom is -0.323 e. The van der Waals surface area contributed by atoms with Crippen molar-refractivity contribution in [3.8, 4) is 0 Å². The molecule has 1 rings (SSSR count). The van der Waals surface area contributed by atoms with E-state index in [2.05, 4.69) is 48.8 Å². The first-order valence-electron chi connectivity index (χ1n) is 4.53. The summed E-state index contributed by atoms with van der Waals surface area (Å²) in [6.45, 7) is 6.64. The summed E-state index contributed by atoms with van der Waals surface area (Å²) in [4.78, 5) is 1.27. The SMILES string of the molecule is CC(C)C(C)C(N)c1ccc(Br)s1. The monoisotopic (exact) mass is 261 g/mol. The van der Waals surface area contributed by atoms with Crippen molar-refractivity contribution in [1.82, 2.24) is 0 Å². The van der Waals surface area contributed by atoms with Crippen molar-refractivity contribution in [3.63, 3.8) is 0 Å². The van der Waals surface area contributed by atoms with Crippen molar-refractivity contribution in [1.29, 1.82) is 0 Å². The molecule has 1 aromatic rings. The molecule has 0 saturated heterocycles. The molecule has 1 aromatic heterocycles. The highest BCUT2D eigenvalue weighted by molar-refractivity contribution is 9.11. The molecule has 74 valence electrons. The van der Waals surface area contributed by atoms with Crippen LogP contribution in [-0.4, -0.2) is 0 Å². The molecule has 2 N–H and O–H groups in total. The largest absolute Gasteiger partial charge is 0.323 e. The molecule has 0 aliphatic carbocycles. The number of hydrogen-bond donors (Lipinski definition) is 1. The predicted molar refractivity (Wildman–Crippen MR) is 62.9 cm³/mol. The molecule has 0 aliphatic heterocycles. The molecule has 3 heteroatoms. The van der Waals surface area contributed by atoms with Crippen LogP contribution < -0.4 is 5.73 Å². The molecule has 0 aromatic carbocycles. The van der Waals surface area contributed by atoms with E-state index in [9.17, 15) is 0 Å². The van der Waals surface area contributed by atoms with E-state index < -0.39 is 0 Å². The van der Waals surface area contributed by atoms with Crippen molar-refractivity contribution >= 4 is 27.3 Å². The number of thiophene rings is 1. The molecule has 0 bridgehead atoms. The van der Waals surface area contributed by atoms with Crippen LogP contribution in [0.5, 0.6) is 0 Å². The number of halogens is 1. The van der Waals surface area contributed by atoms with Gasteiger partial charge in [0.05, 0.1) is 3.79 Å². The van der Waals surface area contributed by atoms with Gasteiger partial charge in [0.2, 0.25) is 0 Å². The third-order valence-corrected chi connectivity index (χ3v) is 4.27. The normalized spacial score (nSPS) is 16.2. The number of rotatable bonds is 3. The fourth-order valence-corrected chi connectivity index (χ4v) is 2.72. The Balaban J connectivity index is 2.73. The maximum Gasteiger partial charge on any atom is 0.0701 e. The summed E-state index contributed by atoms with van der Waals surface area (Å²) in [7, 11) is 0. The van der Waals surface area contributed by atoms with Crippen molar-refractivity contribution in [3.05, 3.63) is 20.8 Å². The molecule has 2 atom stereocenters. The van der Waals surface area contributed by atoms with Gasteiger partial charge < -0.3 is 5.73 Å². The van der Waals surface area contributed by atoms with Crippen LogP contribution in [0.3, 0.4) is 0 Å². The van der Waals surface area contributed by atoms with Crippen molar-refractivity contribution < 1.29 is 0 Å². The lowest BCUT2D eigenvalue weighted by Gasteiger charge is -2.22. The molecule has 1 heterocycles. The summed E-state index contributed by atoms with van der Waals surface area (Å²) in [6, 6.07) is 4.35. The van der Waals surface area contributed by atoms with Gasteiger partial charge in [-0.2, -0.15) is 0 Å². The minimum absolute atomic E-state index is 0.177. The first kappa shape index (κ1) is 11.2. The lowest BCUT2D eigenvalue weighted by molar-refractivity contribution is 0.355. The van der Waals surface area contributed by atoms with Crippen LogP contribution in [0.4, 0.5) is 0 Å². The highest BCUT2D eigenvalue weighted by atomic mass is 79.9. The molecule has 0 amide bonds. The Morgan fingerprint density at radius 3 is 2.31 bits per heavy atom. The summed E-state index contributed by atoms with van der Waals surface area (Å²) in [5, 5.41) is 0. The van der Waals surface area contributed by atoms with Crippen LogP contribution in [0.1, 0.15) is 31.7 Å². The summed E-state index contributed by atoms with van der Waals surface area (Å²) >= 11 is 5.18. The zero-order valence-corrected chi connectivity index (χ0v) is 10.7. The van der Waals surface area contributed by atoms with Crippen LogP contribution in [-0.2, 0) is 0 Å². The summed E-state index contributed by atoms with van der Waals surface area (Å²) in [5.74, 6) is 1.17. The molecule has 2 unspecified atom stereocenters. The maximum absolute atomic E-state index is 6.14. The minimum atomic E-state index is 0.177. The van der Waals surface area contributed by atoms with Gasteiger partial charge in [0.1, 0.15) is 0 Å². The van der Waals surface area contributed by atoms with Gasteiger partial charge in [-0.3, -0.25) is 0 Å². The standard InChI is InChI=1S/C10H16BrNS/c1-6(2)7(3)10(12)8-4-5-9(11)13-8/h4-7,10H,12H2,1-3H3. The third-order valence-electron chi connectivity index (χ3n) is 2.54. The van der Waals surface area contributed by atoms with E-state index in [4.69, 9.17) is 5.73 Å². The predicted octanol–water partition coefficient (Wildman–Crippen LogP) is 3.80. The Labute approximate surface area is 92.5 Å². The molecular formula is C10H16BrNS. The Kier molecular flexibility index (Phi) is 3.95. The highest BCUT2D eigenvalue weighted by Gasteiger charge is 2.19. The van der Waals surface area contributed by atoms with Gasteiger partial charge in [-0.25, -0.2) is 0 Å². The second-order valence-electron chi connectivity index (χ2n) is 3.77. The van der Waals surface area contributed by atoms with Gasteiger partial charge in [0, 0.05) is 10.9 Å². The molecule has 0 saturated carbocycles. The smallest absolute Gasteiger partial charge is 0.0701 e. The summed E-state index contributed by atoms with van der Waals surface area (Å²) in [6.07, 6.45) is 0. The Morgan fingerprint density at radius 2 is 1.92 bits per heavy atom. The molecule has 0 radical (unpaired) electrons. The average molecular weight is 262 g/mol. The highest BCUT2D eigenvalue weighted by Crippen LogP contribution is 2.32. The molecule has 0 fully saturated rings. The molecule has 0 spiro atoms. The lowest BCUT2D eigenvalue weighted by Crippen LogP contribution is -2.22. The van der Waals surface area contributed by atoms with Gasteiger partial charge in [-0.15, -0.1) is 11.3 Å². The summed E-state index contributed by atoms with van der Waals surface area (Å²) < 4.78 is 1.16. The third kappa shape index (κ3) is 2.79. The van der Waals surface area contributed by atoms with Gasteiger partial charge in [-0.05, 0) is 39.9 Å². The van der Waals surface area contributed by atoms with Crippen molar-refractivity contribution in [2.45, 2.75) is 26.8 Å². The topological polar surface area (TPSA) is 26.0 Å². The maximum atomic E-state index is 6.14. The van der Waals surface area contributed by atoms with Gasteiger partial charge in [-0.1, -0.05) is 20.8 Å². The fraction of sp³-hybridized carbons (Fsp3) is 0.600.